The fourth-order valence-electron chi connectivity index (χ4n) is 3.98. The molecular weight excluding hydrogens is 238 g/mol. The Bertz CT molecular complexity index is 309. The molecule has 0 bridgehead atoms. The molecular formula is C15H27N3O. The number of carbonyl (C=O) groups is 1. The van der Waals surface area contributed by atoms with Crippen molar-refractivity contribution >= 4 is 6.03 Å². The average molecular weight is 265 g/mol. The summed E-state index contributed by atoms with van der Waals surface area (Å²) in [4.78, 5) is 14.3. The Morgan fingerprint density at radius 2 is 1.68 bits per heavy atom. The molecule has 0 unspecified atom stereocenters. The Kier molecular flexibility index (Phi) is 3.96. The summed E-state index contributed by atoms with van der Waals surface area (Å²) in [5.74, 6) is 0. The zero-order valence-electron chi connectivity index (χ0n) is 11.9. The van der Waals surface area contributed by atoms with Crippen LogP contribution < -0.4 is 10.6 Å². The second-order valence-electron chi connectivity index (χ2n) is 6.67. The topological polar surface area (TPSA) is 44.4 Å². The van der Waals surface area contributed by atoms with Gasteiger partial charge in [0.2, 0.25) is 0 Å². The number of hydrogen-bond acceptors (Lipinski definition) is 2. The Balaban J connectivity index is 1.47. The Hall–Kier alpha value is -0.770. The maximum atomic E-state index is 12.2. The van der Waals surface area contributed by atoms with Gasteiger partial charge in [-0.2, -0.15) is 0 Å². The van der Waals surface area contributed by atoms with E-state index in [1.165, 1.54) is 51.4 Å². The van der Waals surface area contributed by atoms with E-state index in [1.54, 1.807) is 0 Å². The van der Waals surface area contributed by atoms with Crippen LogP contribution in [-0.4, -0.2) is 43.2 Å². The summed E-state index contributed by atoms with van der Waals surface area (Å²) in [6.45, 7) is 4.24. The molecule has 108 valence electrons. The lowest BCUT2D eigenvalue weighted by Crippen LogP contribution is -2.51. The van der Waals surface area contributed by atoms with Gasteiger partial charge in [-0.05, 0) is 57.0 Å². The third-order valence-corrected chi connectivity index (χ3v) is 5.46. The maximum Gasteiger partial charge on any atom is 0.317 e. The second kappa shape index (κ2) is 5.70. The standard InChI is InChI=1S/C15H27N3O/c19-14(17-13-3-1-2-4-13)18-11-7-15(8-12-18)5-9-16-10-6-15/h13,16H,1-12H2,(H,17,19). The summed E-state index contributed by atoms with van der Waals surface area (Å²) >= 11 is 0. The van der Waals surface area contributed by atoms with Gasteiger partial charge in [0, 0.05) is 19.1 Å². The fourth-order valence-corrected chi connectivity index (χ4v) is 3.98. The van der Waals surface area contributed by atoms with E-state index in [9.17, 15) is 4.79 Å². The van der Waals surface area contributed by atoms with Crippen LogP contribution in [0.4, 0.5) is 4.79 Å². The molecule has 19 heavy (non-hydrogen) atoms. The molecule has 0 aromatic carbocycles. The molecule has 0 radical (unpaired) electrons. The first kappa shape index (κ1) is 13.2. The third-order valence-electron chi connectivity index (χ3n) is 5.46. The van der Waals surface area contributed by atoms with Crippen molar-refractivity contribution < 1.29 is 4.79 Å². The van der Waals surface area contributed by atoms with Crippen molar-refractivity contribution in [1.82, 2.24) is 15.5 Å². The third kappa shape index (κ3) is 3.04. The molecule has 4 heteroatoms. The highest BCUT2D eigenvalue weighted by atomic mass is 16.2. The van der Waals surface area contributed by atoms with Crippen LogP contribution in [0.2, 0.25) is 0 Å². The van der Waals surface area contributed by atoms with Crippen molar-refractivity contribution in [2.24, 2.45) is 5.41 Å². The minimum Gasteiger partial charge on any atom is -0.335 e. The highest BCUT2D eigenvalue weighted by molar-refractivity contribution is 5.74. The minimum absolute atomic E-state index is 0.190. The normalized spacial score (nSPS) is 27.7. The SMILES string of the molecule is O=C(NC1CCCC1)N1CCC2(CCNCC2)CC1. The van der Waals surface area contributed by atoms with Crippen LogP contribution in [0.5, 0.6) is 0 Å². The quantitative estimate of drug-likeness (QED) is 0.762. The lowest BCUT2D eigenvalue weighted by Gasteiger charge is -2.44. The monoisotopic (exact) mass is 265 g/mol. The van der Waals surface area contributed by atoms with Crippen molar-refractivity contribution in [3.8, 4) is 0 Å². The lowest BCUT2D eigenvalue weighted by atomic mass is 9.72. The van der Waals surface area contributed by atoms with Crippen LogP contribution >= 0.6 is 0 Å². The van der Waals surface area contributed by atoms with Crippen molar-refractivity contribution in [3.63, 3.8) is 0 Å². The van der Waals surface area contributed by atoms with Gasteiger partial charge in [-0.3, -0.25) is 0 Å². The first-order chi connectivity index (χ1) is 9.27. The Morgan fingerprint density at radius 1 is 1.05 bits per heavy atom. The smallest absolute Gasteiger partial charge is 0.317 e. The first-order valence-corrected chi connectivity index (χ1v) is 8.04. The molecule has 0 atom stereocenters. The van der Waals surface area contributed by atoms with Gasteiger partial charge in [0.1, 0.15) is 0 Å². The first-order valence-electron chi connectivity index (χ1n) is 8.04. The zero-order valence-corrected chi connectivity index (χ0v) is 11.9. The predicted molar refractivity (Wildman–Crippen MR) is 76.1 cm³/mol. The molecule has 0 aromatic heterocycles. The predicted octanol–water partition coefficient (Wildman–Crippen LogP) is 2.10. The molecule has 2 saturated heterocycles. The van der Waals surface area contributed by atoms with Gasteiger partial charge < -0.3 is 15.5 Å². The van der Waals surface area contributed by atoms with Crippen molar-refractivity contribution in [2.45, 2.75) is 57.4 Å². The van der Waals surface area contributed by atoms with Crippen LogP contribution in [0.3, 0.4) is 0 Å². The summed E-state index contributed by atoms with van der Waals surface area (Å²) in [5, 5.41) is 6.66. The van der Waals surface area contributed by atoms with Gasteiger partial charge in [-0.25, -0.2) is 4.79 Å². The average Bonchev–Trinajstić information content (AvgIpc) is 2.93. The molecule has 2 heterocycles. The number of rotatable bonds is 1. The van der Waals surface area contributed by atoms with Gasteiger partial charge in [-0.15, -0.1) is 0 Å². The number of likely N-dealkylation sites (tertiary alicyclic amines) is 1. The molecule has 3 aliphatic rings. The van der Waals surface area contributed by atoms with E-state index >= 15 is 0 Å². The molecule has 2 aliphatic heterocycles. The largest absolute Gasteiger partial charge is 0.335 e. The summed E-state index contributed by atoms with van der Waals surface area (Å²) in [5.41, 5.74) is 0.537. The van der Waals surface area contributed by atoms with E-state index in [4.69, 9.17) is 0 Å². The minimum atomic E-state index is 0.190. The van der Waals surface area contributed by atoms with E-state index < -0.39 is 0 Å². The van der Waals surface area contributed by atoms with Gasteiger partial charge in [0.05, 0.1) is 0 Å². The van der Waals surface area contributed by atoms with Gasteiger partial charge >= 0.3 is 6.03 Å². The van der Waals surface area contributed by atoms with Gasteiger partial charge in [0.15, 0.2) is 0 Å². The second-order valence-corrected chi connectivity index (χ2v) is 6.67. The molecule has 2 N–H and O–H groups in total. The summed E-state index contributed by atoms with van der Waals surface area (Å²) in [7, 11) is 0. The Labute approximate surface area is 116 Å². The number of urea groups is 1. The molecule has 3 rings (SSSR count). The van der Waals surface area contributed by atoms with E-state index in [0.717, 1.165) is 26.2 Å². The Morgan fingerprint density at radius 3 is 2.32 bits per heavy atom. The van der Waals surface area contributed by atoms with Gasteiger partial charge in [-0.1, -0.05) is 12.8 Å². The van der Waals surface area contributed by atoms with Crippen molar-refractivity contribution in [3.05, 3.63) is 0 Å². The van der Waals surface area contributed by atoms with Crippen molar-refractivity contribution in [1.29, 1.82) is 0 Å². The summed E-state index contributed by atoms with van der Waals surface area (Å²) in [6.07, 6.45) is 9.90. The molecule has 3 fully saturated rings. The molecule has 1 aliphatic carbocycles. The van der Waals surface area contributed by atoms with Crippen LogP contribution in [0, 0.1) is 5.41 Å². The molecule has 1 spiro atoms. The number of nitrogens with zero attached hydrogens (tertiary/aromatic N) is 1. The number of piperidine rings is 2. The van der Waals surface area contributed by atoms with Crippen LogP contribution in [-0.2, 0) is 0 Å². The maximum absolute atomic E-state index is 12.2. The number of hydrogen-bond donors (Lipinski definition) is 2. The van der Waals surface area contributed by atoms with E-state index in [2.05, 4.69) is 10.6 Å². The highest BCUT2D eigenvalue weighted by Gasteiger charge is 2.36. The zero-order chi connectivity index (χ0) is 13.1. The molecule has 1 saturated carbocycles. The number of amides is 2. The number of carbonyl (C=O) groups excluding carboxylic acids is 1. The summed E-state index contributed by atoms with van der Waals surface area (Å²) < 4.78 is 0. The van der Waals surface area contributed by atoms with Crippen LogP contribution in [0.1, 0.15) is 51.4 Å². The molecule has 2 amide bonds. The fraction of sp³-hybridized carbons (Fsp3) is 0.933. The summed E-state index contributed by atoms with van der Waals surface area (Å²) in [6, 6.07) is 0.637. The molecule has 4 nitrogen and oxygen atoms in total. The van der Waals surface area contributed by atoms with E-state index in [-0.39, 0.29) is 6.03 Å². The van der Waals surface area contributed by atoms with Crippen LogP contribution in [0.25, 0.3) is 0 Å². The van der Waals surface area contributed by atoms with E-state index in [1.807, 2.05) is 4.90 Å². The van der Waals surface area contributed by atoms with Gasteiger partial charge in [0.25, 0.3) is 0 Å². The van der Waals surface area contributed by atoms with Crippen molar-refractivity contribution in [2.75, 3.05) is 26.2 Å². The lowest BCUT2D eigenvalue weighted by molar-refractivity contribution is 0.0866. The van der Waals surface area contributed by atoms with E-state index in [0.29, 0.717) is 11.5 Å². The molecule has 0 aromatic rings. The van der Waals surface area contributed by atoms with Crippen LogP contribution in [0.15, 0.2) is 0 Å². The highest BCUT2D eigenvalue weighted by Crippen LogP contribution is 2.39. The number of nitrogens with one attached hydrogen (secondary N) is 2.